The predicted octanol–water partition coefficient (Wildman–Crippen LogP) is 2.06. The van der Waals surface area contributed by atoms with Crippen molar-refractivity contribution in [1.82, 2.24) is 0 Å². The number of carbonyl (C=O) groups is 1. The van der Waals surface area contributed by atoms with Gasteiger partial charge in [-0.3, -0.25) is 4.79 Å². The molecular weight excluding hydrogens is 240 g/mol. The highest BCUT2D eigenvalue weighted by molar-refractivity contribution is 7.16. The summed E-state index contributed by atoms with van der Waals surface area (Å²) >= 11 is 1.32. The second-order valence-corrected chi connectivity index (χ2v) is 4.24. The van der Waals surface area contributed by atoms with E-state index in [9.17, 15) is 9.59 Å². The number of esters is 1. The van der Waals surface area contributed by atoms with Crippen molar-refractivity contribution in [1.29, 1.82) is 0 Å². The van der Waals surface area contributed by atoms with Crippen LogP contribution in [-0.2, 0) is 4.74 Å². The van der Waals surface area contributed by atoms with Crippen molar-refractivity contribution in [3.05, 3.63) is 39.4 Å². The molecule has 0 saturated carbocycles. The summed E-state index contributed by atoms with van der Waals surface area (Å²) in [6.45, 7) is 0. The summed E-state index contributed by atoms with van der Waals surface area (Å²) in [7, 11) is 2.78. The molecule has 2 rings (SSSR count). The Labute approximate surface area is 101 Å². The van der Waals surface area contributed by atoms with Gasteiger partial charge in [0.2, 0.25) is 5.43 Å². The van der Waals surface area contributed by atoms with E-state index in [0.717, 1.165) is 4.70 Å². The lowest BCUT2D eigenvalue weighted by Crippen LogP contribution is -2.15. The monoisotopic (exact) mass is 250 g/mol. The van der Waals surface area contributed by atoms with E-state index in [4.69, 9.17) is 4.74 Å². The zero-order valence-corrected chi connectivity index (χ0v) is 10.2. The molecule has 0 amide bonds. The van der Waals surface area contributed by atoms with Gasteiger partial charge in [0.15, 0.2) is 0 Å². The van der Waals surface area contributed by atoms with Gasteiger partial charge in [-0.05, 0) is 18.2 Å². The SMILES string of the molecule is COC(=O)c1csc2ccc(OC)cc2c1=O. The van der Waals surface area contributed by atoms with Crippen LogP contribution in [0.3, 0.4) is 0 Å². The number of methoxy groups -OCH3 is 2. The molecule has 0 unspecified atom stereocenters. The first-order valence-corrected chi connectivity index (χ1v) is 5.73. The van der Waals surface area contributed by atoms with Crippen molar-refractivity contribution >= 4 is 27.4 Å². The fraction of sp³-hybridized carbons (Fsp3) is 0.167. The standard InChI is InChI=1S/C12H10O4S/c1-15-7-3-4-10-8(5-7)11(13)9(6-17-10)12(14)16-2/h3-6H,1-2H3. The van der Waals surface area contributed by atoms with Crippen LogP contribution in [0, 0.1) is 0 Å². The quantitative estimate of drug-likeness (QED) is 0.765. The first-order chi connectivity index (χ1) is 8.17. The van der Waals surface area contributed by atoms with Crippen molar-refractivity contribution in [2.45, 2.75) is 0 Å². The molecule has 0 radical (unpaired) electrons. The van der Waals surface area contributed by atoms with Crippen molar-refractivity contribution in [2.24, 2.45) is 0 Å². The van der Waals surface area contributed by atoms with Gasteiger partial charge in [0.05, 0.1) is 14.2 Å². The van der Waals surface area contributed by atoms with E-state index >= 15 is 0 Å². The van der Waals surface area contributed by atoms with E-state index in [1.807, 2.05) is 0 Å². The second-order valence-electron chi connectivity index (χ2n) is 3.33. The van der Waals surface area contributed by atoms with Crippen molar-refractivity contribution in [2.75, 3.05) is 14.2 Å². The molecule has 0 aliphatic carbocycles. The fourth-order valence-corrected chi connectivity index (χ4v) is 2.36. The molecule has 0 fully saturated rings. The van der Waals surface area contributed by atoms with Crippen LogP contribution < -0.4 is 10.2 Å². The molecule has 1 heterocycles. The summed E-state index contributed by atoms with van der Waals surface area (Å²) in [5.74, 6) is -0.0280. The molecule has 4 nitrogen and oxygen atoms in total. The summed E-state index contributed by atoms with van der Waals surface area (Å²) in [5.41, 5.74) is -0.275. The maximum atomic E-state index is 12.0. The van der Waals surface area contributed by atoms with Crippen LogP contribution >= 0.6 is 11.3 Å². The maximum Gasteiger partial charge on any atom is 0.342 e. The van der Waals surface area contributed by atoms with Gasteiger partial charge in [0, 0.05) is 15.5 Å². The molecule has 0 saturated heterocycles. The molecule has 0 N–H and O–H groups in total. The number of benzene rings is 1. The van der Waals surface area contributed by atoms with Crippen LogP contribution in [0.5, 0.6) is 5.75 Å². The van der Waals surface area contributed by atoms with Crippen molar-refractivity contribution in [3.8, 4) is 5.75 Å². The van der Waals surface area contributed by atoms with Crippen LogP contribution in [0.4, 0.5) is 0 Å². The number of fused-ring (bicyclic) bond motifs is 1. The van der Waals surface area contributed by atoms with Crippen LogP contribution in [0.25, 0.3) is 10.1 Å². The lowest BCUT2D eigenvalue weighted by atomic mass is 10.2. The molecule has 1 aromatic carbocycles. The Balaban J connectivity index is 2.73. The number of rotatable bonds is 2. The van der Waals surface area contributed by atoms with Gasteiger partial charge in [-0.25, -0.2) is 4.79 Å². The van der Waals surface area contributed by atoms with E-state index in [2.05, 4.69) is 4.74 Å². The highest BCUT2D eigenvalue weighted by Crippen LogP contribution is 2.22. The number of carbonyl (C=O) groups excluding carboxylic acids is 1. The Bertz CT molecular complexity index is 630. The third-order valence-corrected chi connectivity index (χ3v) is 3.35. The van der Waals surface area contributed by atoms with Crippen LogP contribution in [0.1, 0.15) is 10.4 Å². The fourth-order valence-electron chi connectivity index (χ4n) is 1.49. The summed E-state index contributed by atoms with van der Waals surface area (Å²) in [6, 6.07) is 5.19. The maximum absolute atomic E-state index is 12.0. The van der Waals surface area contributed by atoms with E-state index in [1.165, 1.54) is 30.9 Å². The van der Waals surface area contributed by atoms with E-state index in [-0.39, 0.29) is 11.0 Å². The molecule has 0 spiro atoms. The lowest BCUT2D eigenvalue weighted by molar-refractivity contribution is 0.0600. The van der Waals surface area contributed by atoms with Gasteiger partial charge >= 0.3 is 5.97 Å². The van der Waals surface area contributed by atoms with Crippen LogP contribution in [0.2, 0.25) is 0 Å². The number of ether oxygens (including phenoxy) is 2. The Kier molecular flexibility index (Phi) is 3.10. The van der Waals surface area contributed by atoms with Gasteiger partial charge in [-0.15, -0.1) is 11.3 Å². The highest BCUT2D eigenvalue weighted by Gasteiger charge is 2.13. The predicted molar refractivity (Wildman–Crippen MR) is 66.0 cm³/mol. The Morgan fingerprint density at radius 3 is 2.71 bits per heavy atom. The Hall–Kier alpha value is -1.88. The summed E-state index contributed by atoms with van der Waals surface area (Å²) in [6.07, 6.45) is 0. The molecule has 0 aliphatic rings. The Morgan fingerprint density at radius 2 is 2.06 bits per heavy atom. The average molecular weight is 250 g/mol. The van der Waals surface area contributed by atoms with Crippen molar-refractivity contribution in [3.63, 3.8) is 0 Å². The summed E-state index contributed by atoms with van der Waals surface area (Å²) < 4.78 is 10.4. The van der Waals surface area contributed by atoms with Gasteiger partial charge in [0.25, 0.3) is 0 Å². The third-order valence-electron chi connectivity index (χ3n) is 2.39. The number of hydrogen-bond donors (Lipinski definition) is 0. The van der Waals surface area contributed by atoms with Crippen LogP contribution in [-0.4, -0.2) is 20.2 Å². The molecule has 17 heavy (non-hydrogen) atoms. The topological polar surface area (TPSA) is 52.6 Å². The molecule has 0 atom stereocenters. The van der Waals surface area contributed by atoms with Gasteiger partial charge in [-0.1, -0.05) is 0 Å². The molecule has 1 aromatic heterocycles. The zero-order chi connectivity index (χ0) is 12.4. The first-order valence-electron chi connectivity index (χ1n) is 4.85. The molecular formula is C12H10O4S. The minimum absolute atomic E-state index is 0.0539. The molecule has 5 heteroatoms. The summed E-state index contributed by atoms with van der Waals surface area (Å²) in [4.78, 5) is 23.4. The van der Waals surface area contributed by atoms with E-state index in [0.29, 0.717) is 11.1 Å². The largest absolute Gasteiger partial charge is 0.497 e. The third kappa shape index (κ3) is 2.01. The molecule has 0 aliphatic heterocycles. The highest BCUT2D eigenvalue weighted by atomic mass is 32.1. The molecule has 2 aromatic rings. The van der Waals surface area contributed by atoms with Gasteiger partial charge < -0.3 is 9.47 Å². The minimum Gasteiger partial charge on any atom is -0.497 e. The second kappa shape index (κ2) is 4.55. The minimum atomic E-state index is -0.615. The van der Waals surface area contributed by atoms with Crippen LogP contribution in [0.15, 0.2) is 28.4 Å². The van der Waals surface area contributed by atoms with Gasteiger partial charge in [-0.2, -0.15) is 0 Å². The number of hydrogen-bond acceptors (Lipinski definition) is 5. The van der Waals surface area contributed by atoms with E-state index < -0.39 is 5.97 Å². The average Bonchev–Trinajstić information content (AvgIpc) is 2.38. The molecule has 88 valence electrons. The molecule has 0 bridgehead atoms. The first kappa shape index (κ1) is 11.6. The van der Waals surface area contributed by atoms with Crippen molar-refractivity contribution < 1.29 is 14.3 Å². The smallest absolute Gasteiger partial charge is 0.342 e. The lowest BCUT2D eigenvalue weighted by Gasteiger charge is -2.03. The van der Waals surface area contributed by atoms with E-state index in [1.54, 1.807) is 18.2 Å². The summed E-state index contributed by atoms with van der Waals surface area (Å²) in [5, 5.41) is 1.99. The van der Waals surface area contributed by atoms with Gasteiger partial charge in [0.1, 0.15) is 11.3 Å². The zero-order valence-electron chi connectivity index (χ0n) is 9.35. The Morgan fingerprint density at radius 1 is 1.29 bits per heavy atom. The normalized spacial score (nSPS) is 10.2.